The molecule has 5 heteroatoms. The van der Waals surface area contributed by atoms with E-state index in [0.29, 0.717) is 39.4 Å². The van der Waals surface area contributed by atoms with E-state index in [-0.39, 0.29) is 11.7 Å². The largest absolute Gasteiger partial charge is 0.378 e. The summed E-state index contributed by atoms with van der Waals surface area (Å²) in [6, 6.07) is 4.81. The molecular weight excluding hydrogens is 259 g/mol. The maximum atomic E-state index is 13.0. The summed E-state index contributed by atoms with van der Waals surface area (Å²) in [5, 5.41) is 3.15. The van der Waals surface area contributed by atoms with Crippen LogP contribution in [0.25, 0.3) is 0 Å². The number of amides is 1. The van der Waals surface area contributed by atoms with Crippen molar-refractivity contribution in [2.45, 2.75) is 13.3 Å². The molecule has 1 heterocycles. The maximum absolute atomic E-state index is 13.0. The van der Waals surface area contributed by atoms with Gasteiger partial charge in [-0.2, -0.15) is 0 Å². The van der Waals surface area contributed by atoms with Crippen molar-refractivity contribution >= 4 is 5.91 Å². The number of rotatable bonds is 5. The van der Waals surface area contributed by atoms with E-state index in [1.54, 1.807) is 6.07 Å². The molecule has 0 aromatic heterocycles. The fourth-order valence-electron chi connectivity index (χ4n) is 2.28. The van der Waals surface area contributed by atoms with E-state index in [4.69, 9.17) is 4.74 Å². The average Bonchev–Trinajstić information content (AvgIpc) is 2.46. The lowest BCUT2D eigenvalue weighted by atomic mass is 10.1. The van der Waals surface area contributed by atoms with Crippen molar-refractivity contribution in [3.05, 3.63) is 35.1 Å². The van der Waals surface area contributed by atoms with Crippen LogP contribution in [-0.2, 0) is 16.0 Å². The molecule has 110 valence electrons. The van der Waals surface area contributed by atoms with E-state index in [1.165, 1.54) is 12.1 Å². The van der Waals surface area contributed by atoms with Gasteiger partial charge in [0.15, 0.2) is 0 Å². The molecule has 1 aromatic carbocycles. The van der Waals surface area contributed by atoms with E-state index < -0.39 is 0 Å². The Balaban J connectivity index is 1.69. The molecule has 1 N–H and O–H groups in total. The zero-order valence-corrected chi connectivity index (χ0v) is 11.8. The van der Waals surface area contributed by atoms with E-state index in [0.717, 1.165) is 17.5 Å². The van der Waals surface area contributed by atoms with Gasteiger partial charge in [0, 0.05) is 13.1 Å². The first kappa shape index (κ1) is 14.9. The number of ether oxygens (including phenoxy) is 1. The number of benzene rings is 1. The Morgan fingerprint density at radius 1 is 1.40 bits per heavy atom. The third-order valence-corrected chi connectivity index (χ3v) is 3.52. The first-order valence-corrected chi connectivity index (χ1v) is 6.98. The second-order valence-electron chi connectivity index (χ2n) is 4.99. The molecule has 0 unspecified atom stereocenters. The minimum atomic E-state index is -0.207. The normalized spacial score (nSPS) is 15.4. The number of nitrogens with zero attached hydrogens (tertiary/aromatic N) is 1. The summed E-state index contributed by atoms with van der Waals surface area (Å²) in [6.45, 7) is 5.57. The number of nitrogens with one attached hydrogen (secondary N) is 1. The van der Waals surface area contributed by atoms with Crippen molar-refractivity contribution in [2.24, 2.45) is 0 Å². The Morgan fingerprint density at radius 3 is 2.85 bits per heavy atom. The Morgan fingerprint density at radius 2 is 2.15 bits per heavy atom. The highest BCUT2D eigenvalue weighted by Gasteiger charge is 2.15. The second kappa shape index (κ2) is 7.36. The number of aryl methyl sites for hydroxylation is 1. The molecule has 1 saturated heterocycles. The number of hydrogen-bond acceptors (Lipinski definition) is 3. The third kappa shape index (κ3) is 4.28. The van der Waals surface area contributed by atoms with Gasteiger partial charge in [-0.3, -0.25) is 4.79 Å². The zero-order valence-electron chi connectivity index (χ0n) is 11.8. The quantitative estimate of drug-likeness (QED) is 0.822. The number of morpholine rings is 1. The van der Waals surface area contributed by atoms with Crippen LogP contribution in [0.5, 0.6) is 0 Å². The van der Waals surface area contributed by atoms with E-state index in [9.17, 15) is 9.18 Å². The molecule has 1 fully saturated rings. The summed E-state index contributed by atoms with van der Waals surface area (Å²) in [6.07, 6.45) is 0.794. The van der Waals surface area contributed by atoms with Gasteiger partial charge in [-0.05, 0) is 43.1 Å². The fraction of sp³-hybridized carbons (Fsp3) is 0.533. The molecule has 1 aliphatic rings. The summed E-state index contributed by atoms with van der Waals surface area (Å²) in [5.74, 6) is -0.0918. The lowest BCUT2D eigenvalue weighted by Gasteiger charge is -2.26. The molecule has 1 aromatic rings. The van der Waals surface area contributed by atoms with E-state index >= 15 is 0 Å². The lowest BCUT2D eigenvalue weighted by Crippen LogP contribution is -2.44. The van der Waals surface area contributed by atoms with Crippen LogP contribution in [0, 0.1) is 12.7 Å². The first-order chi connectivity index (χ1) is 9.66. The van der Waals surface area contributed by atoms with Gasteiger partial charge in [0.05, 0.1) is 19.8 Å². The highest BCUT2D eigenvalue weighted by Crippen LogP contribution is 2.10. The molecule has 0 aliphatic carbocycles. The predicted molar refractivity (Wildman–Crippen MR) is 75.1 cm³/mol. The molecule has 0 radical (unpaired) electrons. The summed E-state index contributed by atoms with van der Waals surface area (Å²) >= 11 is 0. The lowest BCUT2D eigenvalue weighted by molar-refractivity contribution is -0.134. The summed E-state index contributed by atoms with van der Waals surface area (Å²) < 4.78 is 18.2. The topological polar surface area (TPSA) is 41.6 Å². The highest BCUT2D eigenvalue weighted by atomic mass is 19.1. The van der Waals surface area contributed by atoms with Gasteiger partial charge < -0.3 is 15.0 Å². The van der Waals surface area contributed by atoms with Gasteiger partial charge in [-0.15, -0.1) is 0 Å². The van der Waals surface area contributed by atoms with Crippen LogP contribution in [0.1, 0.15) is 11.1 Å². The SMILES string of the molecule is Cc1cc(F)ccc1CCNCC(=O)N1CCOCC1. The van der Waals surface area contributed by atoms with Gasteiger partial charge >= 0.3 is 0 Å². The maximum Gasteiger partial charge on any atom is 0.236 e. The van der Waals surface area contributed by atoms with Crippen LogP contribution in [0.4, 0.5) is 4.39 Å². The highest BCUT2D eigenvalue weighted by molar-refractivity contribution is 5.78. The van der Waals surface area contributed by atoms with E-state index in [1.807, 2.05) is 11.8 Å². The summed E-state index contributed by atoms with van der Waals surface area (Å²) in [4.78, 5) is 13.7. The van der Waals surface area contributed by atoms with Crippen molar-refractivity contribution in [1.29, 1.82) is 0 Å². The number of carbonyl (C=O) groups excluding carboxylic acids is 1. The number of carbonyl (C=O) groups is 1. The van der Waals surface area contributed by atoms with Crippen LogP contribution >= 0.6 is 0 Å². The smallest absolute Gasteiger partial charge is 0.236 e. The van der Waals surface area contributed by atoms with Crippen molar-refractivity contribution in [2.75, 3.05) is 39.4 Å². The Hall–Kier alpha value is -1.46. The molecule has 0 atom stereocenters. The van der Waals surface area contributed by atoms with Crippen LogP contribution in [0.2, 0.25) is 0 Å². The van der Waals surface area contributed by atoms with Crippen LogP contribution in [0.15, 0.2) is 18.2 Å². The number of halogens is 1. The molecular formula is C15H21FN2O2. The van der Waals surface area contributed by atoms with Gasteiger partial charge in [0.2, 0.25) is 5.91 Å². The molecule has 20 heavy (non-hydrogen) atoms. The van der Waals surface area contributed by atoms with E-state index in [2.05, 4.69) is 5.32 Å². The van der Waals surface area contributed by atoms with Gasteiger partial charge in [0.1, 0.15) is 5.82 Å². The Kier molecular flexibility index (Phi) is 5.49. The number of hydrogen-bond donors (Lipinski definition) is 1. The third-order valence-electron chi connectivity index (χ3n) is 3.52. The standard InChI is InChI=1S/C15H21FN2O2/c1-12-10-14(16)3-2-13(12)4-5-17-11-15(19)18-6-8-20-9-7-18/h2-3,10,17H,4-9,11H2,1H3. The molecule has 4 nitrogen and oxygen atoms in total. The Bertz CT molecular complexity index is 459. The first-order valence-electron chi connectivity index (χ1n) is 6.98. The van der Waals surface area contributed by atoms with Crippen LogP contribution in [-0.4, -0.2) is 50.2 Å². The molecule has 0 spiro atoms. The molecule has 1 amide bonds. The summed E-state index contributed by atoms with van der Waals surface area (Å²) in [5.41, 5.74) is 2.06. The van der Waals surface area contributed by atoms with Crippen LogP contribution in [0.3, 0.4) is 0 Å². The molecule has 1 aliphatic heterocycles. The summed E-state index contributed by atoms with van der Waals surface area (Å²) in [7, 11) is 0. The van der Waals surface area contributed by atoms with Gasteiger partial charge in [0.25, 0.3) is 0 Å². The molecule has 0 bridgehead atoms. The van der Waals surface area contributed by atoms with Crippen molar-refractivity contribution in [1.82, 2.24) is 10.2 Å². The van der Waals surface area contributed by atoms with Gasteiger partial charge in [-0.25, -0.2) is 4.39 Å². The fourth-order valence-corrected chi connectivity index (χ4v) is 2.28. The second-order valence-corrected chi connectivity index (χ2v) is 4.99. The van der Waals surface area contributed by atoms with Crippen molar-refractivity contribution in [3.8, 4) is 0 Å². The minimum Gasteiger partial charge on any atom is -0.378 e. The van der Waals surface area contributed by atoms with Crippen LogP contribution < -0.4 is 5.32 Å². The van der Waals surface area contributed by atoms with Crippen molar-refractivity contribution < 1.29 is 13.9 Å². The molecule has 2 rings (SSSR count). The monoisotopic (exact) mass is 280 g/mol. The molecule has 0 saturated carbocycles. The van der Waals surface area contributed by atoms with Crippen molar-refractivity contribution in [3.63, 3.8) is 0 Å². The minimum absolute atomic E-state index is 0.115. The average molecular weight is 280 g/mol. The Labute approximate surface area is 118 Å². The van der Waals surface area contributed by atoms with Gasteiger partial charge in [-0.1, -0.05) is 6.07 Å². The predicted octanol–water partition coefficient (Wildman–Crippen LogP) is 1.13. The zero-order chi connectivity index (χ0) is 14.4.